The fraction of sp³-hybridized carbons (Fsp3) is 0.231. The zero-order valence-electron chi connectivity index (χ0n) is 10.8. The molecule has 0 saturated heterocycles. The Morgan fingerprint density at radius 2 is 2.05 bits per heavy atom. The average molecular weight is 281 g/mol. The molecule has 100 valence electrons. The molecule has 0 fully saturated rings. The zero-order chi connectivity index (χ0) is 14.0. The molecule has 0 aliphatic heterocycles. The number of nitrogens with zero attached hydrogens (tertiary/aromatic N) is 2. The van der Waals surface area contributed by atoms with Crippen molar-refractivity contribution in [3.8, 4) is 11.5 Å². The normalized spacial score (nSPS) is 10.3. The van der Waals surface area contributed by atoms with E-state index >= 15 is 0 Å². The average Bonchev–Trinajstić information content (AvgIpc) is 2.83. The van der Waals surface area contributed by atoms with E-state index in [1.54, 1.807) is 36.1 Å². The van der Waals surface area contributed by atoms with E-state index in [0.717, 1.165) is 0 Å². The van der Waals surface area contributed by atoms with E-state index in [4.69, 9.17) is 21.1 Å². The maximum Gasteiger partial charge on any atom is 0.228 e. The number of imidazole rings is 1. The summed E-state index contributed by atoms with van der Waals surface area (Å²) in [4.78, 5) is 16.3. The second kappa shape index (κ2) is 5.32. The quantitative estimate of drug-likeness (QED) is 0.807. The Balaban J connectivity index is 2.49. The first kappa shape index (κ1) is 13.4. The van der Waals surface area contributed by atoms with Crippen LogP contribution < -0.4 is 9.47 Å². The van der Waals surface area contributed by atoms with Gasteiger partial charge in [-0.05, 0) is 12.1 Å². The Morgan fingerprint density at radius 3 is 2.58 bits per heavy atom. The largest absolute Gasteiger partial charge is 0.493 e. The summed E-state index contributed by atoms with van der Waals surface area (Å²) in [5.41, 5.74) is 0.400. The summed E-state index contributed by atoms with van der Waals surface area (Å²) in [5.74, 6) is 0.923. The number of hydrogen-bond acceptors (Lipinski definition) is 4. The van der Waals surface area contributed by atoms with Crippen LogP contribution >= 0.6 is 11.6 Å². The van der Waals surface area contributed by atoms with Gasteiger partial charge in [-0.15, -0.1) is 0 Å². The lowest BCUT2D eigenvalue weighted by molar-refractivity contribution is 0.102. The van der Waals surface area contributed by atoms with Gasteiger partial charge in [0, 0.05) is 25.0 Å². The Kier molecular flexibility index (Phi) is 3.76. The van der Waals surface area contributed by atoms with Crippen molar-refractivity contribution >= 4 is 17.4 Å². The second-order valence-electron chi connectivity index (χ2n) is 3.88. The Morgan fingerprint density at radius 1 is 1.32 bits per heavy atom. The minimum atomic E-state index is -0.227. The Labute approximate surface area is 115 Å². The number of rotatable bonds is 4. The molecule has 0 spiro atoms. The van der Waals surface area contributed by atoms with Crippen LogP contribution in [0.5, 0.6) is 11.5 Å². The summed E-state index contributed by atoms with van der Waals surface area (Å²) >= 11 is 6.07. The fourth-order valence-corrected chi connectivity index (χ4v) is 2.05. The van der Waals surface area contributed by atoms with E-state index in [-0.39, 0.29) is 5.78 Å². The molecule has 1 heterocycles. The number of methoxy groups -OCH3 is 2. The van der Waals surface area contributed by atoms with Crippen LogP contribution in [0.25, 0.3) is 0 Å². The number of aromatic nitrogens is 2. The van der Waals surface area contributed by atoms with Crippen LogP contribution in [0, 0.1) is 0 Å². The fourth-order valence-electron chi connectivity index (χ4n) is 1.76. The number of hydrogen-bond donors (Lipinski definition) is 0. The van der Waals surface area contributed by atoms with Gasteiger partial charge in [-0.3, -0.25) is 4.79 Å². The van der Waals surface area contributed by atoms with E-state index in [9.17, 15) is 4.79 Å². The Hall–Kier alpha value is -2.01. The van der Waals surface area contributed by atoms with Gasteiger partial charge in [0.15, 0.2) is 17.3 Å². The standard InChI is InChI=1S/C13H13ClN2O3/c1-16-5-4-15-13(16)11(17)8-6-9(14)12(19-3)10(7-8)18-2/h4-7H,1-3H3. The molecular weight excluding hydrogens is 268 g/mol. The van der Waals surface area contributed by atoms with Crippen molar-refractivity contribution in [1.29, 1.82) is 0 Å². The van der Waals surface area contributed by atoms with Crippen LogP contribution in [0.1, 0.15) is 16.2 Å². The smallest absolute Gasteiger partial charge is 0.228 e. The van der Waals surface area contributed by atoms with Gasteiger partial charge < -0.3 is 14.0 Å². The molecule has 0 unspecified atom stereocenters. The van der Waals surface area contributed by atoms with Crippen molar-refractivity contribution < 1.29 is 14.3 Å². The molecule has 19 heavy (non-hydrogen) atoms. The van der Waals surface area contributed by atoms with Crippen molar-refractivity contribution in [1.82, 2.24) is 9.55 Å². The molecule has 5 nitrogen and oxygen atoms in total. The summed E-state index contributed by atoms with van der Waals surface area (Å²) in [7, 11) is 4.73. The number of carbonyl (C=O) groups is 1. The lowest BCUT2D eigenvalue weighted by atomic mass is 10.1. The molecule has 6 heteroatoms. The molecule has 1 aromatic carbocycles. The highest BCUT2D eigenvalue weighted by Gasteiger charge is 2.18. The lowest BCUT2D eigenvalue weighted by Gasteiger charge is -2.11. The number of aryl methyl sites for hydroxylation is 1. The van der Waals surface area contributed by atoms with E-state index < -0.39 is 0 Å². The predicted octanol–water partition coefficient (Wildman–Crippen LogP) is 2.32. The molecule has 0 saturated carbocycles. The monoisotopic (exact) mass is 280 g/mol. The first-order valence-electron chi connectivity index (χ1n) is 5.52. The van der Waals surface area contributed by atoms with Gasteiger partial charge in [0.05, 0.1) is 19.2 Å². The van der Waals surface area contributed by atoms with Crippen LogP contribution in [0.3, 0.4) is 0 Å². The predicted molar refractivity (Wildman–Crippen MR) is 71.2 cm³/mol. The highest BCUT2D eigenvalue weighted by atomic mass is 35.5. The maximum atomic E-state index is 12.3. The van der Waals surface area contributed by atoms with Crippen LogP contribution in [-0.4, -0.2) is 29.6 Å². The van der Waals surface area contributed by atoms with Crippen LogP contribution in [0.4, 0.5) is 0 Å². The van der Waals surface area contributed by atoms with E-state index in [1.807, 2.05) is 0 Å². The number of benzene rings is 1. The van der Waals surface area contributed by atoms with Gasteiger partial charge in [0.25, 0.3) is 0 Å². The van der Waals surface area contributed by atoms with Crippen LogP contribution in [-0.2, 0) is 7.05 Å². The molecule has 2 aromatic rings. The number of carbonyl (C=O) groups excluding carboxylic acids is 1. The summed E-state index contributed by atoms with van der Waals surface area (Å²) in [5, 5.41) is 0.319. The SMILES string of the molecule is COc1cc(C(=O)c2nccn2C)cc(Cl)c1OC. The lowest BCUT2D eigenvalue weighted by Crippen LogP contribution is -2.09. The molecule has 2 rings (SSSR count). The highest BCUT2D eigenvalue weighted by molar-refractivity contribution is 6.32. The number of ether oxygens (including phenoxy) is 2. The van der Waals surface area contributed by atoms with Crippen molar-refractivity contribution in [3.05, 3.63) is 40.9 Å². The maximum absolute atomic E-state index is 12.3. The van der Waals surface area contributed by atoms with E-state index in [1.165, 1.54) is 14.2 Å². The molecule has 0 radical (unpaired) electrons. The molecule has 0 aliphatic rings. The first-order valence-corrected chi connectivity index (χ1v) is 5.89. The first-order chi connectivity index (χ1) is 9.08. The van der Waals surface area contributed by atoms with E-state index in [2.05, 4.69) is 4.98 Å². The van der Waals surface area contributed by atoms with Crippen LogP contribution in [0.15, 0.2) is 24.5 Å². The van der Waals surface area contributed by atoms with Gasteiger partial charge in [-0.1, -0.05) is 11.6 Å². The van der Waals surface area contributed by atoms with Crippen molar-refractivity contribution in [2.45, 2.75) is 0 Å². The Bertz CT molecular complexity index is 622. The zero-order valence-corrected chi connectivity index (χ0v) is 11.6. The molecule has 0 N–H and O–H groups in total. The minimum absolute atomic E-state index is 0.227. The minimum Gasteiger partial charge on any atom is -0.493 e. The van der Waals surface area contributed by atoms with E-state index in [0.29, 0.717) is 27.9 Å². The van der Waals surface area contributed by atoms with Gasteiger partial charge in [0.1, 0.15) is 0 Å². The number of halogens is 1. The van der Waals surface area contributed by atoms with Crippen molar-refractivity contribution in [2.24, 2.45) is 7.05 Å². The third-order valence-electron chi connectivity index (χ3n) is 2.72. The summed E-state index contributed by atoms with van der Waals surface area (Å²) in [6.07, 6.45) is 3.27. The van der Waals surface area contributed by atoms with Crippen LogP contribution in [0.2, 0.25) is 5.02 Å². The summed E-state index contributed by atoms with van der Waals surface area (Å²) < 4.78 is 11.9. The summed E-state index contributed by atoms with van der Waals surface area (Å²) in [6.45, 7) is 0. The van der Waals surface area contributed by atoms with Gasteiger partial charge in [-0.25, -0.2) is 4.98 Å². The third-order valence-corrected chi connectivity index (χ3v) is 3.00. The molecule has 0 amide bonds. The van der Waals surface area contributed by atoms with Gasteiger partial charge in [0.2, 0.25) is 5.78 Å². The van der Waals surface area contributed by atoms with Gasteiger partial charge >= 0.3 is 0 Å². The third kappa shape index (κ3) is 2.42. The molecule has 1 aromatic heterocycles. The molecule has 0 atom stereocenters. The van der Waals surface area contributed by atoms with Crippen molar-refractivity contribution in [3.63, 3.8) is 0 Å². The molecule has 0 aliphatic carbocycles. The molecular formula is C13H13ClN2O3. The summed E-state index contributed by atoms with van der Waals surface area (Å²) in [6, 6.07) is 3.13. The van der Waals surface area contributed by atoms with Crippen molar-refractivity contribution in [2.75, 3.05) is 14.2 Å². The second-order valence-corrected chi connectivity index (χ2v) is 4.29. The molecule has 0 bridgehead atoms. The van der Waals surface area contributed by atoms with Gasteiger partial charge in [-0.2, -0.15) is 0 Å². The topological polar surface area (TPSA) is 53.3 Å². The highest BCUT2D eigenvalue weighted by Crippen LogP contribution is 2.36. The number of ketones is 1.